The highest BCUT2D eigenvalue weighted by Crippen LogP contribution is 2.37. The summed E-state index contributed by atoms with van der Waals surface area (Å²) in [5.74, 6) is 0.815. The predicted octanol–water partition coefficient (Wildman–Crippen LogP) is 2.49. The quantitative estimate of drug-likeness (QED) is 0.705. The van der Waals surface area contributed by atoms with Crippen LogP contribution in [0.4, 0.5) is 0 Å². The van der Waals surface area contributed by atoms with Crippen molar-refractivity contribution in [3.8, 4) is 0 Å². The van der Waals surface area contributed by atoms with Crippen molar-refractivity contribution in [3.05, 3.63) is 12.2 Å². The maximum absolute atomic E-state index is 6.16. The van der Waals surface area contributed by atoms with E-state index in [9.17, 15) is 0 Å². The molecule has 2 heteroatoms. The molecule has 2 nitrogen and oxygen atoms in total. The summed E-state index contributed by atoms with van der Waals surface area (Å²) in [4.78, 5) is 0. The van der Waals surface area contributed by atoms with Gasteiger partial charge in [0.1, 0.15) is 0 Å². The van der Waals surface area contributed by atoms with E-state index < -0.39 is 0 Å². The average Bonchev–Trinajstić information content (AvgIpc) is 2.18. The Hall–Kier alpha value is -0.340. The molecule has 1 aliphatic carbocycles. The van der Waals surface area contributed by atoms with E-state index in [2.05, 4.69) is 13.5 Å². The van der Waals surface area contributed by atoms with Gasteiger partial charge in [-0.2, -0.15) is 0 Å². The van der Waals surface area contributed by atoms with Crippen molar-refractivity contribution < 1.29 is 4.74 Å². The van der Waals surface area contributed by atoms with Crippen LogP contribution in [-0.4, -0.2) is 18.8 Å². The third kappa shape index (κ3) is 2.18. The molecule has 0 aromatic heterocycles. The molecule has 0 radical (unpaired) electrons. The molecule has 14 heavy (non-hydrogen) atoms. The van der Waals surface area contributed by atoms with Crippen LogP contribution in [0.25, 0.3) is 0 Å². The van der Waals surface area contributed by atoms with Crippen LogP contribution in [-0.2, 0) is 4.74 Å². The third-order valence-electron chi connectivity index (χ3n) is 3.62. The van der Waals surface area contributed by atoms with Gasteiger partial charge < -0.3 is 10.5 Å². The van der Waals surface area contributed by atoms with Crippen LogP contribution in [0.5, 0.6) is 0 Å². The Morgan fingerprint density at radius 3 is 2.36 bits per heavy atom. The lowest BCUT2D eigenvalue weighted by Crippen LogP contribution is -2.52. The van der Waals surface area contributed by atoms with Crippen molar-refractivity contribution >= 4 is 0 Å². The molecule has 0 aromatic carbocycles. The fourth-order valence-electron chi connectivity index (χ4n) is 2.34. The molecule has 0 amide bonds. The lowest BCUT2D eigenvalue weighted by atomic mass is 9.74. The molecule has 2 N–H and O–H groups in total. The summed E-state index contributed by atoms with van der Waals surface area (Å²) >= 11 is 0. The van der Waals surface area contributed by atoms with E-state index >= 15 is 0 Å². The predicted molar refractivity (Wildman–Crippen MR) is 60.2 cm³/mol. The zero-order chi connectivity index (χ0) is 10.8. The number of hydrogen-bond acceptors (Lipinski definition) is 2. The van der Waals surface area contributed by atoms with Crippen molar-refractivity contribution in [3.63, 3.8) is 0 Å². The summed E-state index contributed by atoms with van der Waals surface area (Å²) in [6, 6.07) is -0.0139. The van der Waals surface area contributed by atoms with E-state index in [1.165, 1.54) is 12.8 Å². The van der Waals surface area contributed by atoms with Crippen molar-refractivity contribution in [1.29, 1.82) is 0 Å². The number of methoxy groups -OCH3 is 1. The SMILES string of the molecule is C=C(C)C(N)C1(OC)CCC(C)CC1. The van der Waals surface area contributed by atoms with E-state index in [-0.39, 0.29) is 11.6 Å². The van der Waals surface area contributed by atoms with E-state index in [1.807, 2.05) is 6.92 Å². The van der Waals surface area contributed by atoms with Crippen molar-refractivity contribution in [1.82, 2.24) is 0 Å². The number of rotatable bonds is 3. The minimum Gasteiger partial charge on any atom is -0.376 e. The minimum atomic E-state index is -0.141. The van der Waals surface area contributed by atoms with Crippen LogP contribution in [0.2, 0.25) is 0 Å². The maximum Gasteiger partial charge on any atom is 0.0867 e. The summed E-state index contributed by atoms with van der Waals surface area (Å²) in [5, 5.41) is 0. The van der Waals surface area contributed by atoms with Crippen molar-refractivity contribution in [2.24, 2.45) is 11.7 Å². The van der Waals surface area contributed by atoms with E-state index in [0.29, 0.717) is 0 Å². The molecule has 0 spiro atoms. The number of hydrogen-bond donors (Lipinski definition) is 1. The second-order valence-electron chi connectivity index (χ2n) is 4.78. The lowest BCUT2D eigenvalue weighted by Gasteiger charge is -2.42. The summed E-state index contributed by atoms with van der Waals surface area (Å²) in [6.45, 7) is 8.22. The fraction of sp³-hybridized carbons (Fsp3) is 0.833. The topological polar surface area (TPSA) is 35.2 Å². The summed E-state index contributed by atoms with van der Waals surface area (Å²) in [7, 11) is 1.78. The molecule has 0 bridgehead atoms. The van der Waals surface area contributed by atoms with Crippen molar-refractivity contribution in [2.45, 2.75) is 51.2 Å². The van der Waals surface area contributed by atoms with Gasteiger partial charge in [-0.25, -0.2) is 0 Å². The van der Waals surface area contributed by atoms with Crippen LogP contribution in [0, 0.1) is 5.92 Å². The number of nitrogens with two attached hydrogens (primary N) is 1. The fourth-order valence-corrected chi connectivity index (χ4v) is 2.34. The number of ether oxygens (including phenoxy) is 1. The van der Waals surface area contributed by atoms with Gasteiger partial charge in [-0.1, -0.05) is 19.1 Å². The molecule has 1 fully saturated rings. The average molecular weight is 197 g/mol. The highest BCUT2D eigenvalue weighted by atomic mass is 16.5. The Kier molecular flexibility index (Phi) is 3.73. The first-order valence-electron chi connectivity index (χ1n) is 5.48. The summed E-state index contributed by atoms with van der Waals surface area (Å²) in [5.41, 5.74) is 7.05. The van der Waals surface area contributed by atoms with Gasteiger partial charge in [0.15, 0.2) is 0 Å². The normalized spacial score (nSPS) is 35.3. The first kappa shape index (κ1) is 11.7. The first-order chi connectivity index (χ1) is 6.52. The Balaban J connectivity index is 2.71. The largest absolute Gasteiger partial charge is 0.376 e. The molecule has 1 rings (SSSR count). The second kappa shape index (κ2) is 4.45. The maximum atomic E-state index is 6.16. The van der Waals surface area contributed by atoms with Crippen LogP contribution in [0.15, 0.2) is 12.2 Å². The molecule has 1 unspecified atom stereocenters. The highest BCUT2D eigenvalue weighted by Gasteiger charge is 2.39. The molecular weight excluding hydrogens is 174 g/mol. The Bertz CT molecular complexity index is 204. The monoisotopic (exact) mass is 197 g/mol. The van der Waals surface area contributed by atoms with Gasteiger partial charge in [-0.3, -0.25) is 0 Å². The molecule has 1 aliphatic rings. The minimum absolute atomic E-state index is 0.0139. The molecule has 0 saturated heterocycles. The van der Waals surface area contributed by atoms with E-state index in [1.54, 1.807) is 7.11 Å². The summed E-state index contributed by atoms with van der Waals surface area (Å²) < 4.78 is 5.66. The first-order valence-corrected chi connectivity index (χ1v) is 5.48. The Morgan fingerprint density at radius 2 is 2.00 bits per heavy atom. The molecule has 0 aromatic rings. The zero-order valence-corrected chi connectivity index (χ0v) is 9.68. The van der Waals surface area contributed by atoms with Gasteiger partial charge in [0.05, 0.1) is 11.6 Å². The van der Waals surface area contributed by atoms with Crippen molar-refractivity contribution in [2.75, 3.05) is 7.11 Å². The highest BCUT2D eigenvalue weighted by molar-refractivity contribution is 5.11. The van der Waals surface area contributed by atoms with E-state index in [0.717, 1.165) is 24.3 Å². The van der Waals surface area contributed by atoms with Crippen LogP contribution in [0.3, 0.4) is 0 Å². The smallest absolute Gasteiger partial charge is 0.0867 e. The van der Waals surface area contributed by atoms with Crippen LogP contribution in [0.1, 0.15) is 39.5 Å². The molecule has 1 atom stereocenters. The van der Waals surface area contributed by atoms with E-state index in [4.69, 9.17) is 10.5 Å². The molecule has 0 heterocycles. The van der Waals surface area contributed by atoms with Gasteiger partial charge in [0.2, 0.25) is 0 Å². The van der Waals surface area contributed by atoms with Gasteiger partial charge in [0, 0.05) is 7.11 Å². The van der Waals surface area contributed by atoms with Gasteiger partial charge >= 0.3 is 0 Å². The van der Waals surface area contributed by atoms with Gasteiger partial charge in [0.25, 0.3) is 0 Å². The van der Waals surface area contributed by atoms with Crippen LogP contribution >= 0.6 is 0 Å². The molecular formula is C12H23NO. The second-order valence-corrected chi connectivity index (χ2v) is 4.78. The summed E-state index contributed by atoms with van der Waals surface area (Å²) in [6.07, 6.45) is 4.57. The van der Waals surface area contributed by atoms with Crippen LogP contribution < -0.4 is 5.73 Å². The Labute approximate surface area is 87.5 Å². The molecule has 0 aliphatic heterocycles. The third-order valence-corrected chi connectivity index (χ3v) is 3.62. The lowest BCUT2D eigenvalue weighted by molar-refractivity contribution is -0.0582. The molecule has 1 saturated carbocycles. The standard InChI is InChI=1S/C12H23NO/c1-9(2)11(13)12(14-4)7-5-10(3)6-8-12/h10-11H,1,5-8,13H2,2-4H3. The van der Waals surface area contributed by atoms with Gasteiger partial charge in [-0.15, -0.1) is 0 Å². The van der Waals surface area contributed by atoms with Gasteiger partial charge in [-0.05, 0) is 38.5 Å². The zero-order valence-electron chi connectivity index (χ0n) is 9.68. The Morgan fingerprint density at radius 1 is 1.50 bits per heavy atom. The molecule has 82 valence electrons.